The molecular formula is C24H31FN8. The van der Waals surface area contributed by atoms with Crippen molar-refractivity contribution in [3.63, 3.8) is 0 Å². The van der Waals surface area contributed by atoms with Crippen LogP contribution < -0.4 is 11.1 Å². The Morgan fingerprint density at radius 2 is 1.82 bits per heavy atom. The van der Waals surface area contributed by atoms with E-state index in [1.165, 1.54) is 11.9 Å². The minimum Gasteiger partial charge on any atom is -0.383 e. The summed E-state index contributed by atoms with van der Waals surface area (Å²) in [5.74, 6) is 0.473. The topological polar surface area (TPSA) is 88.1 Å². The molecule has 9 heteroatoms. The molecule has 5 heterocycles. The zero-order valence-electron chi connectivity index (χ0n) is 19.0. The Labute approximate surface area is 193 Å². The van der Waals surface area contributed by atoms with Crippen molar-refractivity contribution in [1.29, 1.82) is 0 Å². The van der Waals surface area contributed by atoms with Crippen molar-refractivity contribution in [3.05, 3.63) is 36.2 Å². The van der Waals surface area contributed by atoms with E-state index in [1.54, 1.807) is 0 Å². The lowest BCUT2D eigenvalue weighted by Gasteiger charge is -2.50. The first kappa shape index (κ1) is 20.9. The first-order chi connectivity index (χ1) is 16.0. The van der Waals surface area contributed by atoms with Crippen LogP contribution in [0, 0.1) is 6.92 Å². The number of nitrogens with two attached hydrogens (primary N) is 1. The molecule has 3 N–H and O–H groups in total. The molecule has 0 unspecified atom stereocenters. The van der Waals surface area contributed by atoms with E-state index < -0.39 is 5.67 Å². The third kappa shape index (κ3) is 3.78. The van der Waals surface area contributed by atoms with Crippen LogP contribution in [0.2, 0.25) is 0 Å². The van der Waals surface area contributed by atoms with Gasteiger partial charge in [-0.3, -0.25) is 9.80 Å². The maximum Gasteiger partial charge on any atom is 0.164 e. The van der Waals surface area contributed by atoms with Crippen LogP contribution in [-0.4, -0.2) is 87.1 Å². The van der Waals surface area contributed by atoms with Gasteiger partial charge in [0.15, 0.2) is 5.65 Å². The number of aryl methyl sites for hydroxylation is 1. The van der Waals surface area contributed by atoms with Gasteiger partial charge >= 0.3 is 0 Å². The Kier molecular flexibility index (Phi) is 5.08. The van der Waals surface area contributed by atoms with E-state index in [4.69, 9.17) is 10.8 Å². The van der Waals surface area contributed by atoms with Crippen molar-refractivity contribution >= 4 is 16.9 Å². The summed E-state index contributed by atoms with van der Waals surface area (Å²) in [5.41, 5.74) is 9.17. The van der Waals surface area contributed by atoms with Gasteiger partial charge in [0.05, 0.1) is 11.4 Å². The number of piperidine rings is 1. The van der Waals surface area contributed by atoms with Crippen molar-refractivity contribution in [2.24, 2.45) is 0 Å². The van der Waals surface area contributed by atoms with E-state index in [-0.39, 0.29) is 6.04 Å². The second-order valence-corrected chi connectivity index (χ2v) is 9.99. The number of likely N-dealkylation sites (tertiary alicyclic amines) is 2. The van der Waals surface area contributed by atoms with Crippen LogP contribution in [0.25, 0.3) is 22.3 Å². The van der Waals surface area contributed by atoms with E-state index >= 15 is 0 Å². The zero-order chi connectivity index (χ0) is 22.6. The van der Waals surface area contributed by atoms with Crippen LogP contribution in [0.4, 0.5) is 10.2 Å². The van der Waals surface area contributed by atoms with Crippen LogP contribution in [0.15, 0.2) is 30.6 Å². The van der Waals surface area contributed by atoms with E-state index in [2.05, 4.69) is 61.0 Å². The first-order valence-electron chi connectivity index (χ1n) is 11.9. The summed E-state index contributed by atoms with van der Waals surface area (Å²) in [5, 5.41) is 8.89. The standard InChI is InChI=1S/C24H31FN8/c1-16-2-4-17(5-3-16)21-20-22(26)28-15-29-23(20)33(30-21)18-6-8-32(9-7-18)19-10-31(11-19)14-24(25)12-27-13-24/h2-5,15,18-19,27H,6-14H2,1H3,(H2,26,28,29). The summed E-state index contributed by atoms with van der Waals surface area (Å²) >= 11 is 0. The number of anilines is 1. The second kappa shape index (κ2) is 8.00. The van der Waals surface area contributed by atoms with Crippen LogP contribution in [0.5, 0.6) is 0 Å². The summed E-state index contributed by atoms with van der Waals surface area (Å²) in [4.78, 5) is 13.6. The lowest BCUT2D eigenvalue weighted by atomic mass is 9.94. The molecule has 0 bridgehead atoms. The number of benzene rings is 1. The lowest BCUT2D eigenvalue weighted by Crippen LogP contribution is -2.68. The van der Waals surface area contributed by atoms with Crippen molar-refractivity contribution in [2.45, 2.75) is 37.5 Å². The number of nitrogen functional groups attached to an aromatic ring is 1. The number of nitrogens with one attached hydrogen (secondary N) is 1. The molecule has 3 saturated heterocycles. The third-order valence-corrected chi connectivity index (χ3v) is 7.53. The predicted octanol–water partition coefficient (Wildman–Crippen LogP) is 2.02. The fourth-order valence-corrected chi connectivity index (χ4v) is 5.47. The van der Waals surface area contributed by atoms with Crippen molar-refractivity contribution in [1.82, 2.24) is 34.9 Å². The van der Waals surface area contributed by atoms with Gasteiger partial charge in [0, 0.05) is 57.4 Å². The molecule has 3 aromatic rings. The van der Waals surface area contributed by atoms with Crippen molar-refractivity contribution in [3.8, 4) is 11.3 Å². The van der Waals surface area contributed by atoms with Gasteiger partial charge in [-0.05, 0) is 19.8 Å². The predicted molar refractivity (Wildman–Crippen MR) is 127 cm³/mol. The summed E-state index contributed by atoms with van der Waals surface area (Å²) in [6, 6.07) is 9.17. The molecule has 0 radical (unpaired) electrons. The maximum atomic E-state index is 14.3. The van der Waals surface area contributed by atoms with E-state index in [0.29, 0.717) is 31.5 Å². The number of fused-ring (bicyclic) bond motifs is 1. The summed E-state index contributed by atoms with van der Waals surface area (Å²) in [7, 11) is 0. The molecule has 3 aliphatic rings. The van der Waals surface area contributed by atoms with Crippen molar-refractivity contribution in [2.75, 3.05) is 51.5 Å². The molecule has 33 heavy (non-hydrogen) atoms. The molecule has 0 atom stereocenters. The lowest BCUT2D eigenvalue weighted by molar-refractivity contribution is -0.0329. The SMILES string of the molecule is Cc1ccc(-c2nn(C3CCN(C4CN(CC5(F)CNC5)C4)CC3)c3ncnc(N)c23)cc1. The Balaban J connectivity index is 1.16. The van der Waals surface area contributed by atoms with Gasteiger partial charge in [0.25, 0.3) is 0 Å². The smallest absolute Gasteiger partial charge is 0.164 e. The van der Waals surface area contributed by atoms with Gasteiger partial charge in [0.2, 0.25) is 0 Å². The molecule has 8 nitrogen and oxygen atoms in total. The van der Waals surface area contributed by atoms with Gasteiger partial charge in [-0.25, -0.2) is 19.0 Å². The Morgan fingerprint density at radius 3 is 2.48 bits per heavy atom. The van der Waals surface area contributed by atoms with Gasteiger partial charge in [-0.15, -0.1) is 0 Å². The van der Waals surface area contributed by atoms with Gasteiger partial charge in [-0.1, -0.05) is 29.8 Å². The minimum absolute atomic E-state index is 0.281. The third-order valence-electron chi connectivity index (χ3n) is 7.53. The highest BCUT2D eigenvalue weighted by Gasteiger charge is 2.43. The Bertz CT molecular complexity index is 1140. The maximum absolute atomic E-state index is 14.3. The molecule has 0 amide bonds. The van der Waals surface area contributed by atoms with Crippen LogP contribution >= 0.6 is 0 Å². The number of rotatable bonds is 5. The number of alkyl halides is 1. The average molecular weight is 451 g/mol. The van der Waals surface area contributed by atoms with E-state index in [1.807, 2.05) is 0 Å². The van der Waals surface area contributed by atoms with E-state index in [0.717, 1.165) is 61.3 Å². The summed E-state index contributed by atoms with van der Waals surface area (Å²) in [6.45, 7) is 7.62. The number of hydrogen-bond donors (Lipinski definition) is 2. The van der Waals surface area contributed by atoms with Crippen LogP contribution in [0.3, 0.4) is 0 Å². The second-order valence-electron chi connectivity index (χ2n) is 9.99. The average Bonchev–Trinajstić information content (AvgIpc) is 3.16. The molecule has 6 rings (SSSR count). The van der Waals surface area contributed by atoms with Crippen molar-refractivity contribution < 1.29 is 4.39 Å². The highest BCUT2D eigenvalue weighted by molar-refractivity contribution is 5.98. The fourth-order valence-electron chi connectivity index (χ4n) is 5.47. The number of aromatic nitrogens is 4. The molecule has 0 saturated carbocycles. The van der Waals surface area contributed by atoms with E-state index in [9.17, 15) is 4.39 Å². The largest absolute Gasteiger partial charge is 0.383 e. The number of halogens is 1. The van der Waals surface area contributed by atoms with Crippen LogP contribution in [0.1, 0.15) is 24.4 Å². The molecular weight excluding hydrogens is 419 g/mol. The molecule has 3 aliphatic heterocycles. The van der Waals surface area contributed by atoms with Gasteiger partial charge < -0.3 is 11.1 Å². The molecule has 0 spiro atoms. The zero-order valence-corrected chi connectivity index (χ0v) is 19.0. The van der Waals surface area contributed by atoms with Gasteiger partial charge in [-0.2, -0.15) is 5.10 Å². The summed E-state index contributed by atoms with van der Waals surface area (Å²) in [6.07, 6.45) is 3.56. The Morgan fingerprint density at radius 1 is 1.09 bits per heavy atom. The van der Waals surface area contributed by atoms with Crippen LogP contribution in [-0.2, 0) is 0 Å². The number of nitrogens with zero attached hydrogens (tertiary/aromatic N) is 6. The summed E-state index contributed by atoms with van der Waals surface area (Å²) < 4.78 is 16.4. The highest BCUT2D eigenvalue weighted by atomic mass is 19.1. The molecule has 2 aromatic heterocycles. The molecule has 0 aliphatic carbocycles. The highest BCUT2D eigenvalue weighted by Crippen LogP contribution is 2.35. The number of hydrogen-bond acceptors (Lipinski definition) is 7. The first-order valence-corrected chi connectivity index (χ1v) is 11.9. The van der Waals surface area contributed by atoms with Gasteiger partial charge in [0.1, 0.15) is 23.5 Å². The quantitative estimate of drug-likeness (QED) is 0.615. The molecule has 3 fully saturated rings. The molecule has 174 valence electrons. The molecule has 1 aromatic carbocycles. The normalized spacial score (nSPS) is 22.4. The Hall–Kier alpha value is -2.62. The monoisotopic (exact) mass is 450 g/mol. The minimum atomic E-state index is -1.02. The fraction of sp³-hybridized carbons (Fsp3) is 0.542.